The van der Waals surface area contributed by atoms with Crippen LogP contribution in [0.2, 0.25) is 0 Å². The Balaban J connectivity index is 2.82. The van der Waals surface area contributed by atoms with Crippen LogP contribution in [0.3, 0.4) is 0 Å². The van der Waals surface area contributed by atoms with E-state index in [9.17, 15) is 0 Å². The topological polar surface area (TPSA) is 38.0 Å². The van der Waals surface area contributed by atoms with Crippen molar-refractivity contribution in [1.29, 1.82) is 0 Å². The molecule has 0 bridgehead atoms. The molecule has 0 atom stereocenters. The molecule has 0 fully saturated rings. The fraction of sp³-hybridized carbons (Fsp3) is 0.364. The fourth-order valence-corrected chi connectivity index (χ4v) is 1.82. The van der Waals surface area contributed by atoms with Crippen molar-refractivity contribution in [3.63, 3.8) is 0 Å². The second-order valence-corrected chi connectivity index (χ2v) is 4.69. The van der Waals surface area contributed by atoms with Crippen LogP contribution in [-0.4, -0.2) is 11.5 Å². The molecule has 0 heterocycles. The molecule has 0 spiro atoms. The third-order valence-corrected chi connectivity index (χ3v) is 2.81. The highest BCUT2D eigenvalue weighted by Crippen LogP contribution is 2.21. The number of halogens is 1. The molecule has 0 aromatic heterocycles. The molecule has 82 valence electrons. The van der Waals surface area contributed by atoms with Crippen LogP contribution in [0.4, 0.5) is 5.69 Å². The van der Waals surface area contributed by atoms with E-state index in [2.05, 4.69) is 28.2 Å². The lowest BCUT2D eigenvalue weighted by Gasteiger charge is -2.11. The zero-order chi connectivity index (χ0) is 11.3. The van der Waals surface area contributed by atoms with E-state index in [1.165, 1.54) is 6.42 Å². The Hall–Kier alpha value is -0.610. The van der Waals surface area contributed by atoms with Crippen molar-refractivity contribution < 1.29 is 0 Å². The van der Waals surface area contributed by atoms with Gasteiger partial charge in [-0.1, -0.05) is 41.5 Å². The molecular weight excluding hydrogens is 272 g/mol. The molecule has 0 saturated carbocycles. The average molecular weight is 287 g/mol. The Bertz CT molecular complexity index is 352. The lowest BCUT2D eigenvalue weighted by molar-refractivity contribution is 0.834. The number of nitrogens with two attached hydrogens (primary N) is 1. The normalized spacial score (nSPS) is 10.0. The van der Waals surface area contributed by atoms with Gasteiger partial charge in [0, 0.05) is 22.3 Å². The van der Waals surface area contributed by atoms with E-state index < -0.39 is 0 Å². The highest BCUT2D eigenvalue weighted by Gasteiger charge is 2.04. The van der Waals surface area contributed by atoms with Gasteiger partial charge in [-0.3, -0.25) is 0 Å². The molecule has 0 saturated heterocycles. The Kier molecular flexibility index (Phi) is 5.05. The zero-order valence-electron chi connectivity index (χ0n) is 8.72. The third-order valence-electron chi connectivity index (χ3n) is 2.09. The average Bonchev–Trinajstić information content (AvgIpc) is 2.18. The summed E-state index contributed by atoms with van der Waals surface area (Å²) >= 11 is 8.42. The maximum Gasteiger partial charge on any atom is 0.106 e. The molecule has 4 heteroatoms. The van der Waals surface area contributed by atoms with Gasteiger partial charge >= 0.3 is 0 Å². The Morgan fingerprint density at radius 1 is 1.53 bits per heavy atom. The first-order valence-corrected chi connectivity index (χ1v) is 6.18. The fourth-order valence-electron chi connectivity index (χ4n) is 1.28. The number of rotatable bonds is 5. The molecule has 0 aliphatic heterocycles. The Morgan fingerprint density at radius 3 is 2.87 bits per heavy atom. The lowest BCUT2D eigenvalue weighted by Crippen LogP contribution is -2.13. The monoisotopic (exact) mass is 286 g/mol. The van der Waals surface area contributed by atoms with Crippen LogP contribution in [0.1, 0.15) is 25.3 Å². The van der Waals surface area contributed by atoms with Gasteiger partial charge < -0.3 is 11.1 Å². The van der Waals surface area contributed by atoms with E-state index in [1.54, 1.807) is 0 Å². The highest BCUT2D eigenvalue weighted by atomic mass is 79.9. The molecule has 0 aliphatic rings. The minimum Gasteiger partial charge on any atom is -0.389 e. The van der Waals surface area contributed by atoms with E-state index in [0.717, 1.165) is 28.7 Å². The summed E-state index contributed by atoms with van der Waals surface area (Å²) in [5.41, 5.74) is 7.56. The summed E-state index contributed by atoms with van der Waals surface area (Å²) in [4.78, 5) is 0.432. The van der Waals surface area contributed by atoms with Crippen LogP contribution in [0.25, 0.3) is 0 Å². The molecule has 1 rings (SSSR count). The molecule has 0 aliphatic carbocycles. The summed E-state index contributed by atoms with van der Waals surface area (Å²) in [7, 11) is 0. The van der Waals surface area contributed by atoms with Gasteiger partial charge in [0.15, 0.2) is 0 Å². The number of nitrogens with one attached hydrogen (secondary N) is 1. The van der Waals surface area contributed by atoms with Crippen LogP contribution >= 0.6 is 28.1 Å². The van der Waals surface area contributed by atoms with Gasteiger partial charge in [-0.05, 0) is 24.6 Å². The maximum absolute atomic E-state index is 5.65. The predicted octanol–water partition coefficient (Wildman–Crippen LogP) is 3.30. The van der Waals surface area contributed by atoms with Gasteiger partial charge in [0.05, 0.1) is 0 Å². The summed E-state index contributed by atoms with van der Waals surface area (Å²) in [6.07, 6.45) is 2.31. The highest BCUT2D eigenvalue weighted by molar-refractivity contribution is 9.10. The van der Waals surface area contributed by atoms with Crippen molar-refractivity contribution in [2.45, 2.75) is 19.8 Å². The van der Waals surface area contributed by atoms with Gasteiger partial charge in [0.2, 0.25) is 0 Å². The largest absolute Gasteiger partial charge is 0.389 e. The van der Waals surface area contributed by atoms with E-state index >= 15 is 0 Å². The molecular formula is C11H15BrN2S. The minimum atomic E-state index is 0.432. The second-order valence-electron chi connectivity index (χ2n) is 3.33. The summed E-state index contributed by atoms with van der Waals surface area (Å²) in [6.45, 7) is 3.11. The number of thiocarbonyl (C=S) groups is 1. The number of benzene rings is 1. The van der Waals surface area contributed by atoms with Gasteiger partial charge in [-0.25, -0.2) is 0 Å². The van der Waals surface area contributed by atoms with Crippen molar-refractivity contribution in [2.75, 3.05) is 11.9 Å². The van der Waals surface area contributed by atoms with Crippen molar-refractivity contribution in [3.8, 4) is 0 Å². The summed E-state index contributed by atoms with van der Waals surface area (Å²) in [5, 5.41) is 3.34. The second kappa shape index (κ2) is 6.08. The predicted molar refractivity (Wildman–Crippen MR) is 73.4 cm³/mol. The minimum absolute atomic E-state index is 0.432. The van der Waals surface area contributed by atoms with E-state index in [4.69, 9.17) is 18.0 Å². The lowest BCUT2D eigenvalue weighted by atomic mass is 10.1. The number of unbranched alkanes of at least 4 members (excludes halogenated alkanes) is 1. The Labute approximate surface area is 104 Å². The Morgan fingerprint density at radius 2 is 2.27 bits per heavy atom. The van der Waals surface area contributed by atoms with Gasteiger partial charge in [0.25, 0.3) is 0 Å². The smallest absolute Gasteiger partial charge is 0.106 e. The number of anilines is 1. The summed E-state index contributed by atoms with van der Waals surface area (Å²) in [5.74, 6) is 0. The molecule has 1 aromatic rings. The van der Waals surface area contributed by atoms with Crippen LogP contribution in [0, 0.1) is 0 Å². The zero-order valence-corrected chi connectivity index (χ0v) is 11.1. The first kappa shape index (κ1) is 12.5. The van der Waals surface area contributed by atoms with Gasteiger partial charge in [-0.2, -0.15) is 0 Å². The molecule has 0 radical (unpaired) electrons. The number of hydrogen-bond donors (Lipinski definition) is 2. The standard InChI is InChI=1S/C11H15BrN2S/c1-2-3-6-14-10-7-8(12)4-5-9(10)11(13)15/h4-5,7,14H,2-3,6H2,1H3,(H2,13,15). The molecule has 0 unspecified atom stereocenters. The molecule has 0 amide bonds. The van der Waals surface area contributed by atoms with E-state index in [0.29, 0.717) is 4.99 Å². The van der Waals surface area contributed by atoms with Gasteiger partial charge in [-0.15, -0.1) is 0 Å². The van der Waals surface area contributed by atoms with Crippen LogP contribution < -0.4 is 11.1 Å². The van der Waals surface area contributed by atoms with Crippen LogP contribution in [0.5, 0.6) is 0 Å². The van der Waals surface area contributed by atoms with Crippen molar-refractivity contribution in [3.05, 3.63) is 28.2 Å². The van der Waals surface area contributed by atoms with E-state index in [1.807, 2.05) is 18.2 Å². The number of hydrogen-bond acceptors (Lipinski definition) is 2. The summed E-state index contributed by atoms with van der Waals surface area (Å²) in [6, 6.07) is 5.88. The van der Waals surface area contributed by atoms with Crippen LogP contribution in [0.15, 0.2) is 22.7 Å². The molecule has 3 N–H and O–H groups in total. The van der Waals surface area contributed by atoms with Crippen molar-refractivity contribution >= 4 is 38.8 Å². The molecule has 1 aromatic carbocycles. The molecule has 15 heavy (non-hydrogen) atoms. The first-order valence-electron chi connectivity index (χ1n) is 4.98. The SMILES string of the molecule is CCCCNc1cc(Br)ccc1C(N)=S. The van der Waals surface area contributed by atoms with Crippen LogP contribution in [-0.2, 0) is 0 Å². The quantitative estimate of drug-likeness (QED) is 0.644. The van der Waals surface area contributed by atoms with Gasteiger partial charge in [0.1, 0.15) is 4.99 Å². The third kappa shape index (κ3) is 3.80. The van der Waals surface area contributed by atoms with Crippen molar-refractivity contribution in [1.82, 2.24) is 0 Å². The first-order chi connectivity index (χ1) is 7.15. The maximum atomic E-state index is 5.65. The van der Waals surface area contributed by atoms with Crippen molar-refractivity contribution in [2.24, 2.45) is 5.73 Å². The summed E-state index contributed by atoms with van der Waals surface area (Å²) < 4.78 is 1.03. The molecule has 2 nitrogen and oxygen atoms in total. The van der Waals surface area contributed by atoms with E-state index in [-0.39, 0.29) is 0 Å².